The Morgan fingerprint density at radius 3 is 2.60 bits per heavy atom. The third kappa shape index (κ3) is 4.67. The molecule has 84 valence electrons. The molecule has 15 heavy (non-hydrogen) atoms. The highest BCUT2D eigenvalue weighted by molar-refractivity contribution is 6.18. The second kappa shape index (κ2) is 7.72. The van der Waals surface area contributed by atoms with Crippen LogP contribution in [0.15, 0.2) is 30.3 Å². The monoisotopic (exact) mass is 226 g/mol. The van der Waals surface area contributed by atoms with E-state index in [4.69, 9.17) is 16.3 Å². The van der Waals surface area contributed by atoms with Crippen molar-refractivity contribution in [2.45, 2.75) is 25.7 Å². The fourth-order valence-electron chi connectivity index (χ4n) is 1.63. The van der Waals surface area contributed by atoms with E-state index in [9.17, 15) is 0 Å². The molecule has 1 unspecified atom stereocenters. The molecule has 1 atom stereocenters. The van der Waals surface area contributed by atoms with E-state index < -0.39 is 0 Å². The lowest BCUT2D eigenvalue weighted by Gasteiger charge is -2.13. The van der Waals surface area contributed by atoms with Gasteiger partial charge in [-0.25, -0.2) is 0 Å². The number of benzene rings is 1. The highest BCUT2D eigenvalue weighted by Gasteiger charge is 2.08. The largest absolute Gasteiger partial charge is 0.382 e. The van der Waals surface area contributed by atoms with Crippen LogP contribution in [0.4, 0.5) is 0 Å². The maximum atomic E-state index is 5.97. The fraction of sp³-hybridized carbons (Fsp3) is 0.538. The van der Waals surface area contributed by atoms with Gasteiger partial charge in [0.15, 0.2) is 0 Å². The summed E-state index contributed by atoms with van der Waals surface area (Å²) >= 11 is 5.97. The normalized spacial score (nSPS) is 12.7. The minimum Gasteiger partial charge on any atom is -0.382 e. The predicted octanol–water partition coefficient (Wildman–Crippen LogP) is 3.83. The van der Waals surface area contributed by atoms with Crippen LogP contribution in [0.25, 0.3) is 0 Å². The molecule has 0 aliphatic carbocycles. The van der Waals surface area contributed by atoms with Gasteiger partial charge >= 0.3 is 0 Å². The minimum atomic E-state index is 0.466. The van der Waals surface area contributed by atoms with Crippen molar-refractivity contribution >= 4 is 11.6 Å². The summed E-state index contributed by atoms with van der Waals surface area (Å²) in [4.78, 5) is 0. The molecule has 1 rings (SSSR count). The van der Waals surface area contributed by atoms with E-state index in [0.29, 0.717) is 11.8 Å². The van der Waals surface area contributed by atoms with Crippen molar-refractivity contribution in [3.05, 3.63) is 35.9 Å². The Morgan fingerprint density at radius 2 is 2.00 bits per heavy atom. The van der Waals surface area contributed by atoms with Crippen molar-refractivity contribution in [3.8, 4) is 0 Å². The van der Waals surface area contributed by atoms with Gasteiger partial charge in [-0.1, -0.05) is 30.3 Å². The van der Waals surface area contributed by atoms with Crippen LogP contribution in [0.2, 0.25) is 0 Å². The molecule has 2 heteroatoms. The number of hydrogen-bond donors (Lipinski definition) is 0. The summed E-state index contributed by atoms with van der Waals surface area (Å²) in [6.07, 6.45) is 2.19. The van der Waals surface area contributed by atoms with Gasteiger partial charge in [0.1, 0.15) is 0 Å². The molecule has 1 nitrogen and oxygen atoms in total. The number of alkyl halides is 1. The molecular formula is C13H19ClO. The van der Waals surface area contributed by atoms with Gasteiger partial charge in [-0.15, -0.1) is 11.6 Å². The van der Waals surface area contributed by atoms with Gasteiger partial charge in [-0.05, 0) is 31.2 Å². The Bertz CT molecular complexity index is 248. The first-order chi connectivity index (χ1) is 7.38. The van der Waals surface area contributed by atoms with Crippen molar-refractivity contribution < 1.29 is 4.74 Å². The van der Waals surface area contributed by atoms with Crippen LogP contribution in [0.1, 0.15) is 31.2 Å². The van der Waals surface area contributed by atoms with Gasteiger partial charge in [0.05, 0.1) is 0 Å². The number of ether oxygens (including phenoxy) is 1. The van der Waals surface area contributed by atoms with E-state index in [-0.39, 0.29) is 0 Å². The quantitative estimate of drug-likeness (QED) is 0.507. The van der Waals surface area contributed by atoms with Crippen LogP contribution in [-0.4, -0.2) is 19.1 Å². The summed E-state index contributed by atoms with van der Waals surface area (Å²) in [5, 5.41) is 0. The Labute approximate surface area is 97.4 Å². The lowest BCUT2D eigenvalue weighted by atomic mass is 9.96. The Balaban J connectivity index is 2.36. The summed E-state index contributed by atoms with van der Waals surface area (Å²) in [5.74, 6) is 1.16. The van der Waals surface area contributed by atoms with E-state index in [1.165, 1.54) is 5.56 Å². The number of hydrogen-bond acceptors (Lipinski definition) is 1. The molecule has 1 aromatic carbocycles. The summed E-state index contributed by atoms with van der Waals surface area (Å²) in [6, 6.07) is 10.5. The van der Waals surface area contributed by atoms with Gasteiger partial charge in [0.2, 0.25) is 0 Å². The second-order valence-electron chi connectivity index (χ2n) is 3.60. The highest BCUT2D eigenvalue weighted by atomic mass is 35.5. The van der Waals surface area contributed by atoms with E-state index in [1.54, 1.807) is 0 Å². The molecule has 0 radical (unpaired) electrons. The average molecular weight is 227 g/mol. The van der Waals surface area contributed by atoms with Gasteiger partial charge in [-0.3, -0.25) is 0 Å². The molecule has 0 saturated carbocycles. The van der Waals surface area contributed by atoms with Crippen LogP contribution in [-0.2, 0) is 4.74 Å². The van der Waals surface area contributed by atoms with E-state index >= 15 is 0 Å². The van der Waals surface area contributed by atoms with Gasteiger partial charge in [0, 0.05) is 19.1 Å². The summed E-state index contributed by atoms with van der Waals surface area (Å²) in [6.45, 7) is 3.67. The first-order valence-corrected chi connectivity index (χ1v) is 6.10. The molecule has 0 fully saturated rings. The zero-order chi connectivity index (χ0) is 10.9. The van der Waals surface area contributed by atoms with Crippen LogP contribution in [0, 0.1) is 0 Å². The Kier molecular flexibility index (Phi) is 6.45. The molecule has 0 saturated heterocycles. The zero-order valence-corrected chi connectivity index (χ0v) is 10.0. The highest BCUT2D eigenvalue weighted by Crippen LogP contribution is 2.22. The van der Waals surface area contributed by atoms with Gasteiger partial charge in [0.25, 0.3) is 0 Å². The van der Waals surface area contributed by atoms with Crippen LogP contribution < -0.4 is 0 Å². The molecule has 0 aliphatic rings. The minimum absolute atomic E-state index is 0.466. The lowest BCUT2D eigenvalue weighted by Crippen LogP contribution is -2.03. The molecule has 0 heterocycles. The van der Waals surface area contributed by atoms with Crippen molar-refractivity contribution in [3.63, 3.8) is 0 Å². The average Bonchev–Trinajstić information content (AvgIpc) is 2.30. The standard InChI is InChI=1S/C13H19ClO/c1-2-15-10-6-9-13(11-14)12-7-4-3-5-8-12/h3-5,7-8,13H,2,6,9-11H2,1H3. The molecule has 0 N–H and O–H groups in total. The van der Waals surface area contributed by atoms with E-state index in [0.717, 1.165) is 26.1 Å². The third-order valence-corrected chi connectivity index (χ3v) is 2.88. The first kappa shape index (κ1) is 12.5. The fourth-order valence-corrected chi connectivity index (χ4v) is 1.97. The smallest absolute Gasteiger partial charge is 0.0466 e. The maximum Gasteiger partial charge on any atom is 0.0466 e. The SMILES string of the molecule is CCOCCCC(CCl)c1ccccc1. The van der Waals surface area contributed by atoms with Crippen molar-refractivity contribution in [2.24, 2.45) is 0 Å². The van der Waals surface area contributed by atoms with Gasteiger partial charge < -0.3 is 4.74 Å². The van der Waals surface area contributed by atoms with Gasteiger partial charge in [-0.2, -0.15) is 0 Å². The maximum absolute atomic E-state index is 5.97. The van der Waals surface area contributed by atoms with Crippen molar-refractivity contribution in [1.82, 2.24) is 0 Å². The molecule has 0 bridgehead atoms. The summed E-state index contributed by atoms with van der Waals surface area (Å²) in [7, 11) is 0. The summed E-state index contributed by atoms with van der Waals surface area (Å²) < 4.78 is 5.32. The summed E-state index contributed by atoms with van der Waals surface area (Å²) in [5.41, 5.74) is 1.34. The second-order valence-corrected chi connectivity index (χ2v) is 3.91. The molecule has 0 aliphatic heterocycles. The van der Waals surface area contributed by atoms with Crippen LogP contribution in [0.3, 0.4) is 0 Å². The van der Waals surface area contributed by atoms with Crippen molar-refractivity contribution in [1.29, 1.82) is 0 Å². The lowest BCUT2D eigenvalue weighted by molar-refractivity contribution is 0.142. The molecule has 1 aromatic rings. The van der Waals surface area contributed by atoms with E-state index in [1.807, 2.05) is 13.0 Å². The predicted molar refractivity (Wildman–Crippen MR) is 65.6 cm³/mol. The molecule has 0 aromatic heterocycles. The first-order valence-electron chi connectivity index (χ1n) is 5.57. The van der Waals surface area contributed by atoms with Crippen LogP contribution in [0.5, 0.6) is 0 Å². The Hall–Kier alpha value is -0.530. The number of rotatable bonds is 7. The topological polar surface area (TPSA) is 9.23 Å². The third-order valence-electron chi connectivity index (χ3n) is 2.50. The molecule has 0 amide bonds. The Morgan fingerprint density at radius 1 is 1.27 bits per heavy atom. The zero-order valence-electron chi connectivity index (χ0n) is 9.29. The van der Waals surface area contributed by atoms with Crippen LogP contribution >= 0.6 is 11.6 Å². The number of halogens is 1. The van der Waals surface area contributed by atoms with E-state index in [2.05, 4.69) is 24.3 Å². The molecular weight excluding hydrogens is 208 g/mol. The van der Waals surface area contributed by atoms with Crippen molar-refractivity contribution in [2.75, 3.05) is 19.1 Å². The molecule has 0 spiro atoms.